The van der Waals surface area contributed by atoms with Crippen LogP contribution in [0.25, 0.3) is 11.5 Å². The Morgan fingerprint density at radius 3 is 2.71 bits per heavy atom. The van der Waals surface area contributed by atoms with Crippen molar-refractivity contribution >= 4 is 11.7 Å². The fourth-order valence-corrected chi connectivity index (χ4v) is 2.04. The van der Waals surface area contributed by atoms with Crippen molar-refractivity contribution in [3.05, 3.63) is 45.3 Å². The Balaban J connectivity index is 2.54. The molecular formula is C14H14N2O5. The number of aromatic carboxylic acids is 1. The Hall–Kier alpha value is -2.70. The van der Waals surface area contributed by atoms with Gasteiger partial charge in [0.15, 0.2) is 0 Å². The highest BCUT2D eigenvalue weighted by Gasteiger charge is 2.21. The largest absolute Gasteiger partial charge is 0.475 e. The fraction of sp³-hybridized carbons (Fsp3) is 0.286. The lowest BCUT2D eigenvalue weighted by Crippen LogP contribution is -1.99. The van der Waals surface area contributed by atoms with Crippen LogP contribution in [0.1, 0.15) is 35.2 Å². The number of rotatable bonds is 5. The predicted octanol–water partition coefficient (Wildman–Crippen LogP) is 3.21. The molecule has 2 rings (SSSR count). The van der Waals surface area contributed by atoms with Crippen LogP contribution in [-0.2, 0) is 6.42 Å². The molecule has 0 unspecified atom stereocenters. The molecule has 1 heterocycles. The van der Waals surface area contributed by atoms with Crippen LogP contribution in [0.3, 0.4) is 0 Å². The van der Waals surface area contributed by atoms with Crippen LogP contribution < -0.4 is 0 Å². The van der Waals surface area contributed by atoms with Crippen LogP contribution in [0.5, 0.6) is 0 Å². The summed E-state index contributed by atoms with van der Waals surface area (Å²) in [4.78, 5) is 25.7. The summed E-state index contributed by atoms with van der Waals surface area (Å²) in [6.45, 7) is 3.61. The summed E-state index contributed by atoms with van der Waals surface area (Å²) in [5.41, 5.74) is 1.33. The van der Waals surface area contributed by atoms with Gasteiger partial charge in [-0.2, -0.15) is 0 Å². The maximum absolute atomic E-state index is 11.1. The summed E-state index contributed by atoms with van der Waals surface area (Å²) < 4.78 is 5.27. The summed E-state index contributed by atoms with van der Waals surface area (Å²) in [6.07, 6.45) is 1.19. The molecule has 0 bridgehead atoms. The highest BCUT2D eigenvalue weighted by atomic mass is 16.6. The van der Waals surface area contributed by atoms with Gasteiger partial charge in [0.25, 0.3) is 5.69 Å². The van der Waals surface area contributed by atoms with Gasteiger partial charge in [0, 0.05) is 17.7 Å². The summed E-state index contributed by atoms with van der Waals surface area (Å²) in [6, 6.07) is 4.41. The van der Waals surface area contributed by atoms with Gasteiger partial charge in [-0.15, -0.1) is 0 Å². The Morgan fingerprint density at radius 1 is 1.43 bits per heavy atom. The van der Waals surface area contributed by atoms with E-state index in [0.29, 0.717) is 23.2 Å². The summed E-state index contributed by atoms with van der Waals surface area (Å²) in [5.74, 6) is -1.32. The van der Waals surface area contributed by atoms with Crippen LogP contribution >= 0.6 is 0 Å². The second-order valence-corrected chi connectivity index (χ2v) is 4.66. The molecule has 7 heteroatoms. The molecule has 7 nitrogen and oxygen atoms in total. The number of nitrogens with zero attached hydrogens (tertiary/aromatic N) is 2. The maximum atomic E-state index is 11.1. The molecule has 0 amide bonds. The molecule has 0 fully saturated rings. The van der Waals surface area contributed by atoms with Crippen LogP contribution in [0, 0.1) is 17.0 Å². The van der Waals surface area contributed by atoms with Crippen LogP contribution in [-0.4, -0.2) is 21.0 Å². The molecule has 0 saturated carbocycles. The van der Waals surface area contributed by atoms with Crippen molar-refractivity contribution in [3.8, 4) is 11.5 Å². The van der Waals surface area contributed by atoms with Crippen LogP contribution in [0.2, 0.25) is 0 Å². The monoisotopic (exact) mass is 290 g/mol. The molecule has 0 aliphatic heterocycles. The lowest BCUT2D eigenvalue weighted by atomic mass is 10.1. The molecule has 1 aromatic heterocycles. The van der Waals surface area contributed by atoms with E-state index in [1.54, 1.807) is 13.0 Å². The molecule has 0 aliphatic rings. The van der Waals surface area contributed by atoms with Crippen molar-refractivity contribution in [3.63, 3.8) is 0 Å². The first kappa shape index (κ1) is 14.7. The number of hydrogen-bond acceptors (Lipinski definition) is 5. The lowest BCUT2D eigenvalue weighted by molar-refractivity contribution is -0.384. The standard InChI is InChI=1S/C14H14N2O5/c1-3-4-11-12(14(17)18)21-13(15-11)9-5-8(2)6-10(7-9)16(19)20/h5-7H,3-4H2,1-2H3,(H,17,18). The van der Waals surface area contributed by atoms with Gasteiger partial charge in [0.05, 0.1) is 10.6 Å². The minimum absolute atomic E-state index is 0.0858. The second-order valence-electron chi connectivity index (χ2n) is 4.66. The number of carboxylic acids is 1. The molecule has 0 aliphatic carbocycles. The summed E-state index contributed by atoms with van der Waals surface area (Å²) in [5, 5.41) is 20.0. The SMILES string of the molecule is CCCc1nc(-c2cc(C)cc([N+](=O)[O-])c2)oc1C(=O)O. The number of aromatic nitrogens is 1. The van der Waals surface area contributed by atoms with E-state index in [9.17, 15) is 14.9 Å². The van der Waals surface area contributed by atoms with E-state index in [4.69, 9.17) is 9.52 Å². The van der Waals surface area contributed by atoms with Crippen molar-refractivity contribution in [2.75, 3.05) is 0 Å². The number of non-ortho nitro benzene ring substituents is 1. The molecule has 0 atom stereocenters. The first-order valence-corrected chi connectivity index (χ1v) is 6.41. The first-order chi connectivity index (χ1) is 9.92. The van der Waals surface area contributed by atoms with Crippen molar-refractivity contribution in [1.29, 1.82) is 0 Å². The Kier molecular flexibility index (Phi) is 4.02. The topological polar surface area (TPSA) is 106 Å². The molecule has 0 spiro atoms. The normalized spacial score (nSPS) is 10.6. The van der Waals surface area contributed by atoms with Crippen molar-refractivity contribution in [2.24, 2.45) is 0 Å². The highest BCUT2D eigenvalue weighted by molar-refractivity contribution is 5.86. The van der Waals surface area contributed by atoms with Gasteiger partial charge in [-0.25, -0.2) is 9.78 Å². The zero-order valence-electron chi connectivity index (χ0n) is 11.6. The Morgan fingerprint density at radius 2 is 2.14 bits per heavy atom. The van der Waals surface area contributed by atoms with E-state index < -0.39 is 10.9 Å². The number of oxazole rings is 1. The molecule has 21 heavy (non-hydrogen) atoms. The maximum Gasteiger partial charge on any atom is 0.373 e. The third-order valence-corrected chi connectivity index (χ3v) is 2.90. The van der Waals surface area contributed by atoms with Crippen LogP contribution in [0.15, 0.2) is 22.6 Å². The number of carbonyl (C=O) groups is 1. The number of aryl methyl sites for hydroxylation is 2. The average Bonchev–Trinajstić information content (AvgIpc) is 2.82. The third-order valence-electron chi connectivity index (χ3n) is 2.90. The Bertz CT molecular complexity index is 705. The van der Waals surface area contributed by atoms with Gasteiger partial charge in [0.1, 0.15) is 0 Å². The molecule has 110 valence electrons. The first-order valence-electron chi connectivity index (χ1n) is 6.41. The van der Waals surface area contributed by atoms with Gasteiger partial charge in [-0.05, 0) is 25.0 Å². The summed E-state index contributed by atoms with van der Waals surface area (Å²) >= 11 is 0. The van der Waals surface area contributed by atoms with E-state index in [0.717, 1.165) is 6.42 Å². The van der Waals surface area contributed by atoms with E-state index in [1.807, 2.05) is 6.92 Å². The minimum atomic E-state index is -1.20. The number of benzene rings is 1. The van der Waals surface area contributed by atoms with Gasteiger partial charge in [-0.1, -0.05) is 13.3 Å². The molecule has 0 saturated heterocycles. The lowest BCUT2D eigenvalue weighted by Gasteiger charge is -1.99. The molecule has 0 radical (unpaired) electrons. The minimum Gasteiger partial charge on any atom is -0.475 e. The predicted molar refractivity (Wildman–Crippen MR) is 74.3 cm³/mol. The van der Waals surface area contributed by atoms with Crippen LogP contribution in [0.4, 0.5) is 5.69 Å². The molecule has 2 aromatic rings. The second kappa shape index (κ2) is 5.74. The summed E-state index contributed by atoms with van der Waals surface area (Å²) in [7, 11) is 0. The smallest absolute Gasteiger partial charge is 0.373 e. The quantitative estimate of drug-likeness (QED) is 0.669. The van der Waals surface area contributed by atoms with E-state index in [2.05, 4.69) is 4.98 Å². The molecule has 1 N–H and O–H groups in total. The average molecular weight is 290 g/mol. The van der Waals surface area contributed by atoms with Gasteiger partial charge in [0.2, 0.25) is 11.7 Å². The van der Waals surface area contributed by atoms with E-state index in [1.165, 1.54) is 12.1 Å². The fourth-order valence-electron chi connectivity index (χ4n) is 2.04. The van der Waals surface area contributed by atoms with Gasteiger partial charge in [-0.3, -0.25) is 10.1 Å². The van der Waals surface area contributed by atoms with E-state index in [-0.39, 0.29) is 17.3 Å². The number of nitro benzene ring substituents is 1. The zero-order valence-corrected chi connectivity index (χ0v) is 11.6. The molecular weight excluding hydrogens is 276 g/mol. The number of nitro groups is 1. The van der Waals surface area contributed by atoms with Crippen molar-refractivity contribution < 1.29 is 19.2 Å². The van der Waals surface area contributed by atoms with E-state index >= 15 is 0 Å². The number of hydrogen-bond donors (Lipinski definition) is 1. The van der Waals surface area contributed by atoms with Gasteiger partial charge >= 0.3 is 5.97 Å². The van der Waals surface area contributed by atoms with Gasteiger partial charge < -0.3 is 9.52 Å². The van der Waals surface area contributed by atoms with Crippen molar-refractivity contribution in [1.82, 2.24) is 4.98 Å². The number of carboxylic acid groups (broad SMARTS) is 1. The molecule has 1 aromatic carbocycles. The Labute approximate surface area is 120 Å². The third kappa shape index (κ3) is 3.07. The zero-order chi connectivity index (χ0) is 15.6. The van der Waals surface area contributed by atoms with Crippen molar-refractivity contribution in [2.45, 2.75) is 26.7 Å². The highest BCUT2D eigenvalue weighted by Crippen LogP contribution is 2.27.